The van der Waals surface area contributed by atoms with Gasteiger partial charge in [-0.3, -0.25) is 9.97 Å². The molecule has 2 aromatic heterocycles. The first-order chi connectivity index (χ1) is 8.81. The summed E-state index contributed by atoms with van der Waals surface area (Å²) in [6, 6.07) is 11.3. The molecule has 2 aromatic rings. The van der Waals surface area contributed by atoms with Gasteiger partial charge in [0.25, 0.3) is 0 Å². The SMILES string of the molecule is OCc1cccc(CCc2cccc(CO)n2)n1. The van der Waals surface area contributed by atoms with Gasteiger partial charge >= 0.3 is 0 Å². The average Bonchev–Trinajstić information content (AvgIpc) is 2.45. The average molecular weight is 244 g/mol. The van der Waals surface area contributed by atoms with Gasteiger partial charge in [0, 0.05) is 11.4 Å². The van der Waals surface area contributed by atoms with Crippen molar-refractivity contribution in [1.82, 2.24) is 9.97 Å². The van der Waals surface area contributed by atoms with Gasteiger partial charge in [-0.1, -0.05) is 12.1 Å². The molecule has 0 fully saturated rings. The molecule has 94 valence electrons. The van der Waals surface area contributed by atoms with Gasteiger partial charge in [0.15, 0.2) is 0 Å². The van der Waals surface area contributed by atoms with E-state index in [1.54, 1.807) is 12.1 Å². The van der Waals surface area contributed by atoms with E-state index in [1.165, 1.54) is 0 Å². The molecule has 0 aromatic carbocycles. The van der Waals surface area contributed by atoms with Crippen molar-refractivity contribution in [2.45, 2.75) is 26.1 Å². The van der Waals surface area contributed by atoms with Crippen LogP contribution in [0.4, 0.5) is 0 Å². The summed E-state index contributed by atoms with van der Waals surface area (Å²) >= 11 is 0. The number of aryl methyl sites for hydroxylation is 2. The van der Waals surface area contributed by atoms with E-state index < -0.39 is 0 Å². The molecule has 0 saturated heterocycles. The van der Waals surface area contributed by atoms with E-state index in [2.05, 4.69) is 9.97 Å². The van der Waals surface area contributed by atoms with Gasteiger partial charge < -0.3 is 10.2 Å². The largest absolute Gasteiger partial charge is 0.390 e. The molecule has 0 aliphatic heterocycles. The van der Waals surface area contributed by atoms with Crippen LogP contribution in [0.3, 0.4) is 0 Å². The van der Waals surface area contributed by atoms with E-state index >= 15 is 0 Å². The van der Waals surface area contributed by atoms with E-state index in [-0.39, 0.29) is 13.2 Å². The van der Waals surface area contributed by atoms with E-state index in [4.69, 9.17) is 10.2 Å². The maximum atomic E-state index is 9.01. The summed E-state index contributed by atoms with van der Waals surface area (Å²) in [5.74, 6) is 0. The molecule has 2 heterocycles. The minimum atomic E-state index is -0.0356. The quantitative estimate of drug-likeness (QED) is 0.830. The van der Waals surface area contributed by atoms with Gasteiger partial charge in [0.2, 0.25) is 0 Å². The van der Waals surface area contributed by atoms with Crippen LogP contribution in [0.1, 0.15) is 22.8 Å². The molecule has 0 amide bonds. The summed E-state index contributed by atoms with van der Waals surface area (Å²) < 4.78 is 0. The van der Waals surface area contributed by atoms with Crippen LogP contribution in [0, 0.1) is 0 Å². The minimum absolute atomic E-state index is 0.0356. The van der Waals surface area contributed by atoms with Crippen LogP contribution < -0.4 is 0 Å². The van der Waals surface area contributed by atoms with Crippen molar-refractivity contribution in [2.24, 2.45) is 0 Å². The zero-order valence-corrected chi connectivity index (χ0v) is 10.1. The number of nitrogens with zero attached hydrogens (tertiary/aromatic N) is 2. The number of rotatable bonds is 5. The second-order valence-electron chi connectivity index (χ2n) is 4.06. The Morgan fingerprint density at radius 3 is 1.44 bits per heavy atom. The number of aliphatic hydroxyl groups excluding tert-OH is 2. The van der Waals surface area contributed by atoms with Crippen LogP contribution >= 0.6 is 0 Å². The minimum Gasteiger partial charge on any atom is -0.390 e. The molecule has 0 atom stereocenters. The van der Waals surface area contributed by atoms with E-state index in [1.807, 2.05) is 24.3 Å². The highest BCUT2D eigenvalue weighted by Crippen LogP contribution is 2.06. The molecule has 0 aliphatic carbocycles. The predicted octanol–water partition coefficient (Wildman–Crippen LogP) is 1.25. The molecule has 0 radical (unpaired) electrons. The standard InChI is InChI=1S/C14H16N2O2/c17-9-13-5-1-3-11(15-13)7-8-12-4-2-6-14(10-18)16-12/h1-6,17-18H,7-10H2. The lowest BCUT2D eigenvalue weighted by atomic mass is 10.1. The lowest BCUT2D eigenvalue weighted by Gasteiger charge is -2.04. The second-order valence-corrected chi connectivity index (χ2v) is 4.06. The summed E-state index contributed by atoms with van der Waals surface area (Å²) in [6.07, 6.45) is 1.55. The Morgan fingerprint density at radius 2 is 1.06 bits per heavy atom. The van der Waals surface area contributed by atoms with E-state index in [9.17, 15) is 0 Å². The van der Waals surface area contributed by atoms with Gasteiger partial charge in [0.05, 0.1) is 24.6 Å². The maximum absolute atomic E-state index is 9.01. The van der Waals surface area contributed by atoms with Crippen LogP contribution in [-0.2, 0) is 26.1 Å². The van der Waals surface area contributed by atoms with Gasteiger partial charge in [-0.05, 0) is 37.1 Å². The van der Waals surface area contributed by atoms with Crippen molar-refractivity contribution in [3.8, 4) is 0 Å². The van der Waals surface area contributed by atoms with Gasteiger partial charge in [-0.15, -0.1) is 0 Å². The monoisotopic (exact) mass is 244 g/mol. The van der Waals surface area contributed by atoms with Gasteiger partial charge in [-0.2, -0.15) is 0 Å². The van der Waals surface area contributed by atoms with Crippen LogP contribution in [0.2, 0.25) is 0 Å². The first-order valence-electron chi connectivity index (χ1n) is 5.93. The normalized spacial score (nSPS) is 10.6. The topological polar surface area (TPSA) is 66.2 Å². The number of aliphatic hydroxyl groups is 2. The molecule has 0 saturated carbocycles. The molecule has 0 aliphatic rings. The highest BCUT2D eigenvalue weighted by Gasteiger charge is 2.01. The van der Waals surface area contributed by atoms with E-state index in [0.29, 0.717) is 11.4 Å². The summed E-state index contributed by atoms with van der Waals surface area (Å²) in [7, 11) is 0. The third-order valence-electron chi connectivity index (χ3n) is 2.69. The molecular formula is C14H16N2O2. The fourth-order valence-corrected chi connectivity index (χ4v) is 1.77. The Balaban J connectivity index is 2.01. The van der Waals surface area contributed by atoms with Crippen LogP contribution in [0.15, 0.2) is 36.4 Å². The third kappa shape index (κ3) is 3.35. The highest BCUT2D eigenvalue weighted by atomic mass is 16.3. The van der Waals surface area contributed by atoms with Crippen molar-refractivity contribution in [2.75, 3.05) is 0 Å². The zero-order chi connectivity index (χ0) is 12.8. The number of aromatic nitrogens is 2. The zero-order valence-electron chi connectivity index (χ0n) is 10.1. The third-order valence-corrected chi connectivity index (χ3v) is 2.69. The van der Waals surface area contributed by atoms with Crippen molar-refractivity contribution in [3.63, 3.8) is 0 Å². The summed E-state index contributed by atoms with van der Waals surface area (Å²) in [6.45, 7) is -0.0713. The molecule has 0 bridgehead atoms. The van der Waals surface area contributed by atoms with Crippen molar-refractivity contribution < 1.29 is 10.2 Å². The molecule has 18 heavy (non-hydrogen) atoms. The smallest absolute Gasteiger partial charge is 0.0853 e. The molecule has 0 unspecified atom stereocenters. The van der Waals surface area contributed by atoms with Gasteiger partial charge in [-0.25, -0.2) is 0 Å². The molecule has 2 rings (SSSR count). The Morgan fingerprint density at radius 1 is 0.667 bits per heavy atom. The highest BCUT2D eigenvalue weighted by molar-refractivity contribution is 5.14. The molecule has 0 spiro atoms. The lowest BCUT2D eigenvalue weighted by molar-refractivity contribution is 0.276. The summed E-state index contributed by atoms with van der Waals surface area (Å²) in [5, 5.41) is 18.0. The fourth-order valence-electron chi connectivity index (χ4n) is 1.77. The van der Waals surface area contributed by atoms with Crippen molar-refractivity contribution >= 4 is 0 Å². The Bertz CT molecular complexity index is 467. The Hall–Kier alpha value is -1.78. The lowest BCUT2D eigenvalue weighted by Crippen LogP contribution is -2.00. The molecule has 4 heteroatoms. The fraction of sp³-hybridized carbons (Fsp3) is 0.286. The first-order valence-corrected chi connectivity index (χ1v) is 5.93. The van der Waals surface area contributed by atoms with Crippen LogP contribution in [-0.4, -0.2) is 20.2 Å². The van der Waals surface area contributed by atoms with E-state index in [0.717, 1.165) is 24.2 Å². The maximum Gasteiger partial charge on any atom is 0.0853 e. The second kappa shape index (κ2) is 6.23. The van der Waals surface area contributed by atoms with Crippen molar-refractivity contribution in [1.29, 1.82) is 0 Å². The molecule has 4 nitrogen and oxygen atoms in total. The summed E-state index contributed by atoms with van der Waals surface area (Å²) in [5.41, 5.74) is 3.25. The Labute approximate surface area is 106 Å². The van der Waals surface area contributed by atoms with Gasteiger partial charge in [0.1, 0.15) is 0 Å². The van der Waals surface area contributed by atoms with Crippen LogP contribution in [0.5, 0.6) is 0 Å². The number of pyridine rings is 2. The number of hydrogen-bond donors (Lipinski definition) is 2. The molecular weight excluding hydrogens is 228 g/mol. The first kappa shape index (κ1) is 12.7. The predicted molar refractivity (Wildman–Crippen MR) is 67.7 cm³/mol. The number of hydrogen-bond acceptors (Lipinski definition) is 4. The van der Waals surface area contributed by atoms with Crippen LogP contribution in [0.25, 0.3) is 0 Å². The summed E-state index contributed by atoms with van der Waals surface area (Å²) in [4.78, 5) is 8.64. The van der Waals surface area contributed by atoms with Crippen molar-refractivity contribution in [3.05, 3.63) is 59.2 Å². The Kier molecular flexibility index (Phi) is 4.39. The molecule has 2 N–H and O–H groups in total.